The number of pyridine rings is 1. The van der Waals surface area contributed by atoms with E-state index in [4.69, 9.17) is 4.74 Å². The van der Waals surface area contributed by atoms with Crippen LogP contribution in [0.4, 0.5) is 5.82 Å². The van der Waals surface area contributed by atoms with E-state index in [1.54, 1.807) is 0 Å². The van der Waals surface area contributed by atoms with E-state index in [1.807, 2.05) is 12.3 Å². The number of hydrogen-bond donors (Lipinski definition) is 1. The van der Waals surface area contributed by atoms with Crippen LogP contribution in [0, 0.1) is 0 Å². The number of amides is 1. The zero-order valence-electron chi connectivity index (χ0n) is 13.1. The number of carbonyl (C=O) groups excluding carboxylic acids is 1. The molecule has 2 saturated heterocycles. The number of carbonyl (C=O) groups is 1. The van der Waals surface area contributed by atoms with Crippen LogP contribution in [0.1, 0.15) is 18.4 Å². The molecule has 0 aromatic carbocycles. The molecule has 6 heteroatoms. The van der Waals surface area contributed by atoms with Crippen LogP contribution < -0.4 is 10.2 Å². The maximum absolute atomic E-state index is 12.0. The highest BCUT2D eigenvalue weighted by atomic mass is 16.5. The third kappa shape index (κ3) is 3.75. The van der Waals surface area contributed by atoms with Gasteiger partial charge in [-0.15, -0.1) is 0 Å². The van der Waals surface area contributed by atoms with Crippen molar-refractivity contribution in [3.63, 3.8) is 0 Å². The molecule has 1 atom stereocenters. The molecule has 120 valence electrons. The van der Waals surface area contributed by atoms with Crippen molar-refractivity contribution in [1.29, 1.82) is 0 Å². The monoisotopic (exact) mass is 304 g/mol. The van der Waals surface area contributed by atoms with Gasteiger partial charge in [-0.3, -0.25) is 4.79 Å². The summed E-state index contributed by atoms with van der Waals surface area (Å²) >= 11 is 0. The summed E-state index contributed by atoms with van der Waals surface area (Å²) in [4.78, 5) is 21.1. The Morgan fingerprint density at radius 2 is 2.23 bits per heavy atom. The predicted octanol–water partition coefficient (Wildman–Crippen LogP) is 0.629. The molecule has 1 aromatic heterocycles. The maximum Gasteiger partial charge on any atom is 0.249 e. The van der Waals surface area contributed by atoms with Crippen molar-refractivity contribution in [2.24, 2.45) is 0 Å². The fourth-order valence-corrected chi connectivity index (χ4v) is 2.87. The lowest BCUT2D eigenvalue weighted by atomic mass is 10.2. The van der Waals surface area contributed by atoms with Crippen molar-refractivity contribution < 1.29 is 9.53 Å². The first-order valence-electron chi connectivity index (χ1n) is 8.00. The van der Waals surface area contributed by atoms with Gasteiger partial charge in [0.1, 0.15) is 11.9 Å². The zero-order valence-corrected chi connectivity index (χ0v) is 13.1. The molecule has 1 aromatic rings. The topological polar surface area (TPSA) is 57.7 Å². The summed E-state index contributed by atoms with van der Waals surface area (Å²) in [5.41, 5.74) is 1.08. The number of likely N-dealkylation sites (N-methyl/N-ethyl adjacent to an activating group) is 1. The summed E-state index contributed by atoms with van der Waals surface area (Å²) in [6.45, 7) is 5.33. The van der Waals surface area contributed by atoms with Gasteiger partial charge in [-0.25, -0.2) is 4.98 Å². The molecular weight excluding hydrogens is 280 g/mol. The Balaban J connectivity index is 1.55. The van der Waals surface area contributed by atoms with Gasteiger partial charge in [0.25, 0.3) is 0 Å². The number of rotatable bonds is 4. The summed E-state index contributed by atoms with van der Waals surface area (Å²) in [5, 5.41) is 2.96. The lowest BCUT2D eigenvalue weighted by molar-refractivity contribution is -0.130. The molecule has 0 spiro atoms. The van der Waals surface area contributed by atoms with Gasteiger partial charge >= 0.3 is 0 Å². The smallest absolute Gasteiger partial charge is 0.249 e. The summed E-state index contributed by atoms with van der Waals surface area (Å²) in [7, 11) is 2.14. The Labute approximate surface area is 131 Å². The van der Waals surface area contributed by atoms with Crippen LogP contribution >= 0.6 is 0 Å². The van der Waals surface area contributed by atoms with Gasteiger partial charge in [-0.1, -0.05) is 0 Å². The fraction of sp³-hybridized carbons (Fsp3) is 0.625. The van der Waals surface area contributed by atoms with Gasteiger partial charge < -0.3 is 19.9 Å². The standard InChI is InChI=1S/C16H24N4O2/c1-19-6-8-20(9-7-19)15-11-13(4-5-17-15)12-18-16(21)14-3-2-10-22-14/h4-5,11,14H,2-3,6-10,12H2,1H3,(H,18,21). The second-order valence-electron chi connectivity index (χ2n) is 6.03. The summed E-state index contributed by atoms with van der Waals surface area (Å²) in [5.74, 6) is 0.993. The highest BCUT2D eigenvalue weighted by Gasteiger charge is 2.23. The second-order valence-corrected chi connectivity index (χ2v) is 6.03. The minimum Gasteiger partial charge on any atom is -0.368 e. The van der Waals surface area contributed by atoms with Gasteiger partial charge in [0, 0.05) is 45.5 Å². The molecule has 3 heterocycles. The van der Waals surface area contributed by atoms with E-state index in [-0.39, 0.29) is 12.0 Å². The van der Waals surface area contributed by atoms with E-state index in [2.05, 4.69) is 33.2 Å². The van der Waals surface area contributed by atoms with Crippen LogP contribution in [-0.2, 0) is 16.1 Å². The van der Waals surface area contributed by atoms with Crippen LogP contribution in [0.15, 0.2) is 18.3 Å². The van der Waals surface area contributed by atoms with E-state index in [0.29, 0.717) is 13.2 Å². The van der Waals surface area contributed by atoms with Gasteiger partial charge in [0.2, 0.25) is 5.91 Å². The van der Waals surface area contributed by atoms with Crippen LogP contribution in [-0.4, -0.2) is 61.7 Å². The van der Waals surface area contributed by atoms with Crippen molar-refractivity contribution in [3.05, 3.63) is 23.9 Å². The van der Waals surface area contributed by atoms with Crippen molar-refractivity contribution >= 4 is 11.7 Å². The number of anilines is 1. The minimum absolute atomic E-state index is 0.00420. The Morgan fingerprint density at radius 3 is 2.95 bits per heavy atom. The van der Waals surface area contributed by atoms with E-state index >= 15 is 0 Å². The quantitative estimate of drug-likeness (QED) is 0.884. The normalized spacial score (nSPS) is 22.8. The second kappa shape index (κ2) is 7.07. The molecule has 1 amide bonds. The SMILES string of the molecule is CN1CCN(c2cc(CNC(=O)C3CCCO3)ccn2)CC1. The molecule has 6 nitrogen and oxygen atoms in total. The molecule has 1 N–H and O–H groups in total. The lowest BCUT2D eigenvalue weighted by Crippen LogP contribution is -2.44. The average Bonchev–Trinajstić information content (AvgIpc) is 3.08. The maximum atomic E-state index is 12.0. The first kappa shape index (κ1) is 15.2. The Kier molecular flexibility index (Phi) is 4.90. The van der Waals surface area contributed by atoms with Crippen LogP contribution in [0.5, 0.6) is 0 Å². The van der Waals surface area contributed by atoms with E-state index in [0.717, 1.165) is 50.4 Å². The van der Waals surface area contributed by atoms with Crippen molar-refractivity contribution in [2.75, 3.05) is 44.7 Å². The van der Waals surface area contributed by atoms with Gasteiger partial charge in [0.15, 0.2) is 0 Å². The number of aromatic nitrogens is 1. The van der Waals surface area contributed by atoms with Crippen LogP contribution in [0.3, 0.4) is 0 Å². The molecule has 0 aliphatic carbocycles. The van der Waals surface area contributed by atoms with Gasteiger partial charge in [-0.05, 0) is 37.6 Å². The zero-order chi connectivity index (χ0) is 15.4. The third-order valence-electron chi connectivity index (χ3n) is 4.33. The molecule has 0 saturated carbocycles. The largest absolute Gasteiger partial charge is 0.368 e. The lowest BCUT2D eigenvalue weighted by Gasteiger charge is -2.33. The molecule has 22 heavy (non-hydrogen) atoms. The molecule has 1 unspecified atom stereocenters. The molecule has 2 fully saturated rings. The number of nitrogens with zero attached hydrogens (tertiary/aromatic N) is 3. The number of piperazine rings is 1. The molecule has 2 aliphatic heterocycles. The first-order valence-corrected chi connectivity index (χ1v) is 8.00. The highest BCUT2D eigenvalue weighted by Crippen LogP contribution is 2.15. The van der Waals surface area contributed by atoms with E-state index < -0.39 is 0 Å². The molecule has 0 radical (unpaired) electrons. The summed E-state index contributed by atoms with van der Waals surface area (Å²) in [6, 6.07) is 4.02. The van der Waals surface area contributed by atoms with E-state index in [9.17, 15) is 4.79 Å². The predicted molar refractivity (Wildman–Crippen MR) is 84.8 cm³/mol. The molecule has 3 rings (SSSR count). The van der Waals surface area contributed by atoms with Crippen LogP contribution in [0.25, 0.3) is 0 Å². The molecular formula is C16H24N4O2. The third-order valence-corrected chi connectivity index (χ3v) is 4.33. The first-order chi connectivity index (χ1) is 10.7. The fourth-order valence-electron chi connectivity index (χ4n) is 2.87. The van der Waals surface area contributed by atoms with Crippen LogP contribution in [0.2, 0.25) is 0 Å². The molecule has 0 bridgehead atoms. The van der Waals surface area contributed by atoms with Gasteiger partial charge in [-0.2, -0.15) is 0 Å². The summed E-state index contributed by atoms with van der Waals surface area (Å²) in [6.07, 6.45) is 3.36. The van der Waals surface area contributed by atoms with Crippen molar-refractivity contribution in [1.82, 2.24) is 15.2 Å². The molecule has 2 aliphatic rings. The number of nitrogens with one attached hydrogen (secondary N) is 1. The number of hydrogen-bond acceptors (Lipinski definition) is 5. The minimum atomic E-state index is -0.265. The van der Waals surface area contributed by atoms with E-state index in [1.165, 1.54) is 0 Å². The number of ether oxygens (including phenoxy) is 1. The average molecular weight is 304 g/mol. The Morgan fingerprint density at radius 1 is 1.41 bits per heavy atom. The summed E-state index contributed by atoms with van der Waals surface area (Å²) < 4.78 is 5.39. The van der Waals surface area contributed by atoms with Gasteiger partial charge in [0.05, 0.1) is 0 Å². The Hall–Kier alpha value is -1.66. The Bertz CT molecular complexity index is 509. The van der Waals surface area contributed by atoms with Crippen molar-refractivity contribution in [2.45, 2.75) is 25.5 Å². The highest BCUT2D eigenvalue weighted by molar-refractivity contribution is 5.80. The van der Waals surface area contributed by atoms with Crippen molar-refractivity contribution in [3.8, 4) is 0 Å².